The Kier molecular flexibility index (Phi) is 4.02. The fourth-order valence-electron chi connectivity index (χ4n) is 2.00. The van der Waals surface area contributed by atoms with Crippen molar-refractivity contribution in [2.24, 2.45) is 0 Å². The third kappa shape index (κ3) is 3.07. The van der Waals surface area contributed by atoms with Gasteiger partial charge in [-0.15, -0.1) is 5.10 Å². The van der Waals surface area contributed by atoms with Gasteiger partial charge in [0.1, 0.15) is 24.5 Å². The van der Waals surface area contributed by atoms with Crippen LogP contribution in [0.4, 0.5) is 4.39 Å². The van der Waals surface area contributed by atoms with E-state index in [-0.39, 0.29) is 18.2 Å². The molecule has 7 heteroatoms. The number of ether oxygens (including phenoxy) is 1. The molecule has 22 heavy (non-hydrogen) atoms. The van der Waals surface area contributed by atoms with Crippen molar-refractivity contribution < 1.29 is 13.9 Å². The fraction of sp³-hybridized carbons (Fsp3) is 0.133. The summed E-state index contributed by atoms with van der Waals surface area (Å²) in [5, 5.41) is 8.09. The Morgan fingerprint density at radius 3 is 2.91 bits per heavy atom. The fourth-order valence-corrected chi connectivity index (χ4v) is 2.22. The molecular weight excluding hydrogens is 309 g/mol. The lowest BCUT2D eigenvalue weighted by Gasteiger charge is -2.07. The van der Waals surface area contributed by atoms with Gasteiger partial charge in [0.05, 0.1) is 10.5 Å². The van der Waals surface area contributed by atoms with Gasteiger partial charge in [0.2, 0.25) is 0 Å². The Bertz CT molecular complexity index is 835. The van der Waals surface area contributed by atoms with Crippen LogP contribution in [0.25, 0.3) is 11.0 Å². The van der Waals surface area contributed by atoms with Crippen LogP contribution in [0.2, 0.25) is 5.02 Å². The number of halogens is 2. The summed E-state index contributed by atoms with van der Waals surface area (Å²) in [7, 11) is 0. The highest BCUT2D eigenvalue weighted by Gasteiger charge is 2.11. The van der Waals surface area contributed by atoms with Crippen LogP contribution in [-0.2, 0) is 22.7 Å². The first-order chi connectivity index (χ1) is 10.6. The first kappa shape index (κ1) is 14.5. The lowest BCUT2D eigenvalue weighted by atomic mass is 10.2. The molecule has 1 aromatic heterocycles. The third-order valence-corrected chi connectivity index (χ3v) is 3.45. The minimum absolute atomic E-state index is 0.0232. The Hall–Kier alpha value is -2.47. The molecule has 0 fully saturated rings. The molecule has 3 aromatic rings. The number of aromatic nitrogens is 3. The molecule has 0 aliphatic carbocycles. The second-order valence-corrected chi connectivity index (χ2v) is 5.04. The molecule has 2 aromatic carbocycles. The third-order valence-electron chi connectivity index (χ3n) is 3.10. The van der Waals surface area contributed by atoms with Crippen LogP contribution in [0.1, 0.15) is 5.56 Å². The lowest BCUT2D eigenvalue weighted by Crippen LogP contribution is -2.14. The van der Waals surface area contributed by atoms with E-state index in [9.17, 15) is 9.18 Å². The number of rotatable bonds is 4. The van der Waals surface area contributed by atoms with Gasteiger partial charge >= 0.3 is 5.97 Å². The zero-order chi connectivity index (χ0) is 15.5. The summed E-state index contributed by atoms with van der Waals surface area (Å²) in [6.07, 6.45) is 0. The zero-order valence-electron chi connectivity index (χ0n) is 11.4. The molecule has 0 atom stereocenters. The van der Waals surface area contributed by atoms with Crippen molar-refractivity contribution in [3.05, 3.63) is 58.9 Å². The lowest BCUT2D eigenvalue weighted by molar-refractivity contribution is -0.145. The van der Waals surface area contributed by atoms with E-state index in [1.807, 2.05) is 24.3 Å². The van der Waals surface area contributed by atoms with Crippen molar-refractivity contribution >= 4 is 28.6 Å². The summed E-state index contributed by atoms with van der Waals surface area (Å²) in [4.78, 5) is 11.9. The minimum atomic E-state index is -0.476. The molecule has 0 bridgehead atoms. The van der Waals surface area contributed by atoms with E-state index in [1.54, 1.807) is 0 Å². The van der Waals surface area contributed by atoms with E-state index in [2.05, 4.69) is 10.3 Å². The standard InChI is InChI=1S/C15H11ClFN3O2/c16-12-7-11(17)6-5-10(12)9-22-15(21)8-20-14-4-2-1-3-13(14)18-19-20/h1-7H,8-9H2. The summed E-state index contributed by atoms with van der Waals surface area (Å²) < 4.78 is 19.5. The molecule has 5 nitrogen and oxygen atoms in total. The molecule has 0 radical (unpaired) electrons. The highest BCUT2D eigenvalue weighted by molar-refractivity contribution is 6.31. The van der Waals surface area contributed by atoms with E-state index >= 15 is 0 Å². The van der Waals surface area contributed by atoms with Crippen LogP contribution in [0.15, 0.2) is 42.5 Å². The summed E-state index contributed by atoms with van der Waals surface area (Å²) in [5.74, 6) is -0.912. The van der Waals surface area contributed by atoms with E-state index in [1.165, 1.54) is 22.9 Å². The molecule has 0 saturated heterocycles. The van der Waals surface area contributed by atoms with Crippen molar-refractivity contribution in [2.75, 3.05) is 0 Å². The average Bonchev–Trinajstić information content (AvgIpc) is 2.90. The number of carbonyl (C=O) groups is 1. The van der Waals surface area contributed by atoms with Gasteiger partial charge < -0.3 is 4.74 Å². The van der Waals surface area contributed by atoms with Gasteiger partial charge in [0.15, 0.2) is 0 Å². The molecule has 0 aliphatic heterocycles. The van der Waals surface area contributed by atoms with Gasteiger partial charge in [-0.25, -0.2) is 9.07 Å². The Morgan fingerprint density at radius 1 is 1.27 bits per heavy atom. The van der Waals surface area contributed by atoms with Crippen molar-refractivity contribution in [3.63, 3.8) is 0 Å². The topological polar surface area (TPSA) is 57.0 Å². The molecule has 1 heterocycles. The normalized spacial score (nSPS) is 10.8. The number of hydrogen-bond acceptors (Lipinski definition) is 4. The Balaban J connectivity index is 1.65. The van der Waals surface area contributed by atoms with Crippen LogP contribution in [0.3, 0.4) is 0 Å². The van der Waals surface area contributed by atoms with Crippen LogP contribution < -0.4 is 0 Å². The molecule has 0 N–H and O–H groups in total. The smallest absolute Gasteiger partial charge is 0.328 e. The highest BCUT2D eigenvalue weighted by atomic mass is 35.5. The van der Waals surface area contributed by atoms with Gasteiger partial charge in [0, 0.05) is 5.56 Å². The van der Waals surface area contributed by atoms with Crippen LogP contribution in [0.5, 0.6) is 0 Å². The quantitative estimate of drug-likeness (QED) is 0.694. The van der Waals surface area contributed by atoms with E-state index in [0.29, 0.717) is 11.1 Å². The Labute approximate surface area is 130 Å². The predicted octanol–water partition coefficient (Wildman–Crippen LogP) is 2.97. The molecule has 0 aliphatic rings. The number of hydrogen-bond donors (Lipinski definition) is 0. The molecular formula is C15H11ClFN3O2. The maximum absolute atomic E-state index is 12.9. The second-order valence-electron chi connectivity index (χ2n) is 4.63. The minimum Gasteiger partial charge on any atom is -0.459 e. The SMILES string of the molecule is O=C(Cn1nnc2ccccc21)OCc1ccc(F)cc1Cl. The highest BCUT2D eigenvalue weighted by Crippen LogP contribution is 2.18. The van der Waals surface area contributed by atoms with Gasteiger partial charge in [-0.05, 0) is 24.3 Å². The summed E-state index contributed by atoms with van der Waals surface area (Å²) in [5.41, 5.74) is 2.00. The van der Waals surface area contributed by atoms with Gasteiger partial charge in [-0.3, -0.25) is 4.79 Å². The molecule has 0 amide bonds. The first-order valence-corrected chi connectivity index (χ1v) is 6.89. The van der Waals surface area contributed by atoms with Crippen molar-refractivity contribution in [3.8, 4) is 0 Å². The summed E-state index contributed by atoms with van der Waals surface area (Å²) in [6.45, 7) is -0.0795. The first-order valence-electron chi connectivity index (χ1n) is 6.51. The molecule has 0 spiro atoms. The maximum Gasteiger partial charge on any atom is 0.328 e. The predicted molar refractivity (Wildman–Crippen MR) is 78.7 cm³/mol. The second kappa shape index (κ2) is 6.11. The molecule has 112 valence electrons. The molecule has 3 rings (SSSR count). The zero-order valence-corrected chi connectivity index (χ0v) is 12.1. The molecule has 0 saturated carbocycles. The number of carbonyl (C=O) groups excluding carboxylic acids is 1. The van der Waals surface area contributed by atoms with Crippen LogP contribution in [-0.4, -0.2) is 21.0 Å². The van der Waals surface area contributed by atoms with Gasteiger partial charge in [0.25, 0.3) is 0 Å². The number of benzene rings is 2. The van der Waals surface area contributed by atoms with E-state index in [0.717, 1.165) is 5.52 Å². The number of para-hydroxylation sites is 1. The van der Waals surface area contributed by atoms with Crippen LogP contribution >= 0.6 is 11.6 Å². The summed E-state index contributed by atoms with van der Waals surface area (Å²) >= 11 is 5.87. The van der Waals surface area contributed by atoms with E-state index < -0.39 is 11.8 Å². The Morgan fingerprint density at radius 2 is 2.09 bits per heavy atom. The average molecular weight is 320 g/mol. The van der Waals surface area contributed by atoms with Gasteiger partial charge in [-0.1, -0.05) is 35.0 Å². The van der Waals surface area contributed by atoms with Crippen LogP contribution in [0, 0.1) is 5.82 Å². The summed E-state index contributed by atoms with van der Waals surface area (Å²) in [6, 6.07) is 11.2. The van der Waals surface area contributed by atoms with Crippen molar-refractivity contribution in [2.45, 2.75) is 13.2 Å². The number of nitrogens with zero attached hydrogens (tertiary/aromatic N) is 3. The number of fused-ring (bicyclic) bond motifs is 1. The van der Waals surface area contributed by atoms with Crippen molar-refractivity contribution in [1.29, 1.82) is 0 Å². The monoisotopic (exact) mass is 319 g/mol. The van der Waals surface area contributed by atoms with Gasteiger partial charge in [-0.2, -0.15) is 0 Å². The number of esters is 1. The van der Waals surface area contributed by atoms with E-state index in [4.69, 9.17) is 16.3 Å². The van der Waals surface area contributed by atoms with Crippen molar-refractivity contribution in [1.82, 2.24) is 15.0 Å². The maximum atomic E-state index is 12.9. The molecule has 0 unspecified atom stereocenters. The largest absolute Gasteiger partial charge is 0.459 e.